The van der Waals surface area contributed by atoms with Gasteiger partial charge < -0.3 is 10.6 Å². The van der Waals surface area contributed by atoms with Crippen LogP contribution in [-0.4, -0.2) is 25.0 Å². The Morgan fingerprint density at radius 3 is 2.50 bits per heavy atom. The Kier molecular flexibility index (Phi) is 3.06. The quantitative estimate of drug-likeness (QED) is 0.739. The SMILES string of the molecule is CNC(=O)c1c(NC)cc(C)nc1C. The average molecular weight is 193 g/mol. The van der Waals surface area contributed by atoms with Crippen molar-refractivity contribution in [3.05, 3.63) is 23.0 Å². The number of carbonyl (C=O) groups is 1. The van der Waals surface area contributed by atoms with Gasteiger partial charge in [0.05, 0.1) is 16.9 Å². The molecule has 0 saturated carbocycles. The van der Waals surface area contributed by atoms with Crippen molar-refractivity contribution >= 4 is 11.6 Å². The maximum absolute atomic E-state index is 11.5. The van der Waals surface area contributed by atoms with Crippen molar-refractivity contribution < 1.29 is 4.79 Å². The number of amides is 1. The van der Waals surface area contributed by atoms with Gasteiger partial charge >= 0.3 is 0 Å². The summed E-state index contributed by atoms with van der Waals surface area (Å²) < 4.78 is 0. The average Bonchev–Trinajstić information content (AvgIpc) is 2.15. The first-order valence-electron chi connectivity index (χ1n) is 4.48. The highest BCUT2D eigenvalue weighted by Crippen LogP contribution is 2.18. The first-order chi connectivity index (χ1) is 6.60. The number of anilines is 1. The summed E-state index contributed by atoms with van der Waals surface area (Å²) >= 11 is 0. The van der Waals surface area contributed by atoms with Crippen LogP contribution in [0, 0.1) is 13.8 Å². The summed E-state index contributed by atoms with van der Waals surface area (Å²) in [4.78, 5) is 15.8. The third-order valence-electron chi connectivity index (χ3n) is 2.05. The lowest BCUT2D eigenvalue weighted by Gasteiger charge is -2.11. The maximum Gasteiger partial charge on any atom is 0.254 e. The highest BCUT2D eigenvalue weighted by molar-refractivity contribution is 6.00. The van der Waals surface area contributed by atoms with Crippen molar-refractivity contribution in [2.75, 3.05) is 19.4 Å². The van der Waals surface area contributed by atoms with E-state index < -0.39 is 0 Å². The summed E-state index contributed by atoms with van der Waals surface area (Å²) in [5.74, 6) is -0.112. The molecule has 0 aromatic carbocycles. The normalized spacial score (nSPS) is 9.71. The number of pyridine rings is 1. The number of rotatable bonds is 2. The molecule has 2 N–H and O–H groups in total. The molecule has 4 nitrogen and oxygen atoms in total. The molecule has 0 atom stereocenters. The molecule has 0 aliphatic carbocycles. The van der Waals surface area contributed by atoms with Crippen LogP contribution in [0.3, 0.4) is 0 Å². The van der Waals surface area contributed by atoms with Crippen LogP contribution in [-0.2, 0) is 0 Å². The monoisotopic (exact) mass is 193 g/mol. The van der Waals surface area contributed by atoms with Crippen molar-refractivity contribution in [1.29, 1.82) is 0 Å². The Balaban J connectivity index is 3.32. The summed E-state index contributed by atoms with van der Waals surface area (Å²) in [5, 5.41) is 5.59. The molecule has 76 valence electrons. The Morgan fingerprint density at radius 2 is 2.00 bits per heavy atom. The van der Waals surface area contributed by atoms with Crippen LogP contribution in [0.25, 0.3) is 0 Å². The van der Waals surface area contributed by atoms with Gasteiger partial charge in [0, 0.05) is 19.8 Å². The number of nitrogens with zero attached hydrogens (tertiary/aromatic N) is 1. The van der Waals surface area contributed by atoms with Crippen molar-refractivity contribution in [1.82, 2.24) is 10.3 Å². The van der Waals surface area contributed by atoms with Gasteiger partial charge in [-0.2, -0.15) is 0 Å². The fourth-order valence-electron chi connectivity index (χ4n) is 1.44. The lowest BCUT2D eigenvalue weighted by Crippen LogP contribution is -2.21. The minimum absolute atomic E-state index is 0.112. The number of carbonyl (C=O) groups excluding carboxylic acids is 1. The zero-order valence-corrected chi connectivity index (χ0v) is 8.93. The first kappa shape index (κ1) is 10.5. The van der Waals surface area contributed by atoms with Crippen LogP contribution in [0.15, 0.2) is 6.07 Å². The second-order valence-corrected chi connectivity index (χ2v) is 3.10. The highest BCUT2D eigenvalue weighted by Gasteiger charge is 2.13. The number of hydrogen-bond acceptors (Lipinski definition) is 3. The van der Waals surface area contributed by atoms with Gasteiger partial charge in [-0.1, -0.05) is 0 Å². The van der Waals surface area contributed by atoms with Crippen molar-refractivity contribution in [3.8, 4) is 0 Å². The topological polar surface area (TPSA) is 54.0 Å². The van der Waals surface area contributed by atoms with Crippen LogP contribution in [0.1, 0.15) is 21.7 Å². The molecule has 14 heavy (non-hydrogen) atoms. The standard InChI is InChI=1S/C10H15N3O/c1-6-5-8(11-3)9(7(2)13-6)10(14)12-4/h5H,1-4H3,(H,11,13)(H,12,14). The first-order valence-corrected chi connectivity index (χ1v) is 4.48. The minimum atomic E-state index is -0.112. The van der Waals surface area contributed by atoms with Gasteiger partial charge in [0.15, 0.2) is 0 Å². The molecule has 0 bridgehead atoms. The molecule has 1 aromatic heterocycles. The molecule has 0 aliphatic rings. The van der Waals surface area contributed by atoms with Crippen LogP contribution in [0.4, 0.5) is 5.69 Å². The Hall–Kier alpha value is -1.58. The van der Waals surface area contributed by atoms with Gasteiger partial charge in [0.25, 0.3) is 5.91 Å². The van der Waals surface area contributed by atoms with Crippen molar-refractivity contribution in [2.45, 2.75) is 13.8 Å². The number of nitrogens with one attached hydrogen (secondary N) is 2. The molecule has 1 heterocycles. The molecule has 0 unspecified atom stereocenters. The summed E-state index contributed by atoms with van der Waals surface area (Å²) in [6.45, 7) is 3.74. The fourth-order valence-corrected chi connectivity index (χ4v) is 1.44. The molecule has 0 aliphatic heterocycles. The van der Waals surface area contributed by atoms with E-state index >= 15 is 0 Å². The maximum atomic E-state index is 11.5. The Morgan fingerprint density at radius 1 is 1.36 bits per heavy atom. The summed E-state index contributed by atoms with van der Waals surface area (Å²) in [7, 11) is 3.40. The molecule has 0 fully saturated rings. The molecular formula is C10H15N3O. The number of hydrogen-bond donors (Lipinski definition) is 2. The molecule has 0 saturated heterocycles. The lowest BCUT2D eigenvalue weighted by atomic mass is 10.1. The Bertz CT molecular complexity index is 361. The smallest absolute Gasteiger partial charge is 0.254 e. The summed E-state index contributed by atoms with van der Waals surface area (Å²) in [6.07, 6.45) is 0. The van der Waals surface area contributed by atoms with E-state index in [1.807, 2.05) is 19.9 Å². The Labute approximate surface area is 83.7 Å². The summed E-state index contributed by atoms with van der Waals surface area (Å²) in [5.41, 5.74) is 3.07. The predicted molar refractivity (Wildman–Crippen MR) is 56.6 cm³/mol. The van der Waals surface area contributed by atoms with E-state index in [0.29, 0.717) is 5.56 Å². The predicted octanol–water partition coefficient (Wildman–Crippen LogP) is 1.10. The molecule has 4 heteroatoms. The van der Waals surface area contributed by atoms with Crippen molar-refractivity contribution in [3.63, 3.8) is 0 Å². The number of aromatic nitrogens is 1. The van der Waals surface area contributed by atoms with Gasteiger partial charge in [0.1, 0.15) is 0 Å². The fraction of sp³-hybridized carbons (Fsp3) is 0.400. The highest BCUT2D eigenvalue weighted by atomic mass is 16.1. The van der Waals surface area contributed by atoms with E-state index in [2.05, 4.69) is 15.6 Å². The van der Waals surface area contributed by atoms with E-state index in [1.54, 1.807) is 14.1 Å². The molecule has 1 rings (SSSR count). The van der Waals surface area contributed by atoms with Crippen LogP contribution in [0.2, 0.25) is 0 Å². The van der Waals surface area contributed by atoms with Gasteiger partial charge in [-0.25, -0.2) is 0 Å². The van der Waals surface area contributed by atoms with Crippen LogP contribution in [0.5, 0.6) is 0 Å². The van der Waals surface area contributed by atoms with Crippen LogP contribution >= 0.6 is 0 Å². The van der Waals surface area contributed by atoms with Gasteiger partial charge in [0.2, 0.25) is 0 Å². The van der Waals surface area contributed by atoms with E-state index in [4.69, 9.17) is 0 Å². The third kappa shape index (κ3) is 1.84. The van der Waals surface area contributed by atoms with E-state index in [-0.39, 0.29) is 5.91 Å². The third-order valence-corrected chi connectivity index (χ3v) is 2.05. The molecule has 0 spiro atoms. The van der Waals surface area contributed by atoms with E-state index in [9.17, 15) is 4.79 Å². The van der Waals surface area contributed by atoms with E-state index in [1.165, 1.54) is 0 Å². The van der Waals surface area contributed by atoms with Gasteiger partial charge in [-0.15, -0.1) is 0 Å². The van der Waals surface area contributed by atoms with Crippen molar-refractivity contribution in [2.24, 2.45) is 0 Å². The van der Waals surface area contributed by atoms with Crippen LogP contribution < -0.4 is 10.6 Å². The largest absolute Gasteiger partial charge is 0.387 e. The molecule has 1 amide bonds. The molecule has 0 radical (unpaired) electrons. The van der Waals surface area contributed by atoms with Gasteiger partial charge in [-0.3, -0.25) is 9.78 Å². The summed E-state index contributed by atoms with van der Waals surface area (Å²) in [6, 6.07) is 1.86. The zero-order chi connectivity index (χ0) is 10.7. The lowest BCUT2D eigenvalue weighted by molar-refractivity contribution is 0.0963. The minimum Gasteiger partial charge on any atom is -0.387 e. The second kappa shape index (κ2) is 4.09. The van der Waals surface area contributed by atoms with Gasteiger partial charge in [-0.05, 0) is 19.9 Å². The molecule has 1 aromatic rings. The zero-order valence-electron chi connectivity index (χ0n) is 8.93. The molecular weight excluding hydrogens is 178 g/mol. The second-order valence-electron chi connectivity index (χ2n) is 3.10. The number of aryl methyl sites for hydroxylation is 2. The van der Waals surface area contributed by atoms with E-state index in [0.717, 1.165) is 17.1 Å².